The van der Waals surface area contributed by atoms with E-state index in [0.29, 0.717) is 0 Å². The predicted octanol–water partition coefficient (Wildman–Crippen LogP) is -0.0778. The summed E-state index contributed by atoms with van der Waals surface area (Å²) in [6.07, 6.45) is 0.292. The number of rotatable bonds is 12. The molecule has 0 spiro atoms. The van der Waals surface area contributed by atoms with Crippen molar-refractivity contribution in [3.63, 3.8) is 0 Å². The van der Waals surface area contributed by atoms with E-state index < -0.39 is 41.8 Å². The minimum absolute atomic E-state index is 0.0364. The van der Waals surface area contributed by atoms with Gasteiger partial charge in [-0.2, -0.15) is 0 Å². The largest absolute Gasteiger partial charge is 0.480 e. The predicted molar refractivity (Wildman–Crippen MR) is 108 cm³/mol. The average Bonchev–Trinajstić information content (AvgIpc) is 2.64. The van der Waals surface area contributed by atoms with E-state index in [9.17, 15) is 24.3 Å². The van der Waals surface area contributed by atoms with Crippen molar-refractivity contribution in [3.8, 4) is 0 Å². The summed E-state index contributed by atoms with van der Waals surface area (Å²) in [4.78, 5) is 47.6. The number of hydrogen-bond donors (Lipinski definition) is 5. The molecular weight excluding hydrogens is 376 g/mol. The molecule has 29 heavy (non-hydrogen) atoms. The van der Waals surface area contributed by atoms with Gasteiger partial charge in [0.25, 0.3) is 0 Å². The second-order valence-corrected chi connectivity index (χ2v) is 7.39. The molecule has 0 aliphatic heterocycles. The molecule has 0 aliphatic carbocycles. The third-order valence-electron chi connectivity index (χ3n) is 4.27. The lowest BCUT2D eigenvalue weighted by molar-refractivity contribution is -0.142. The van der Waals surface area contributed by atoms with Gasteiger partial charge in [-0.1, -0.05) is 44.2 Å². The van der Waals surface area contributed by atoms with Gasteiger partial charge in [0.1, 0.15) is 12.1 Å². The van der Waals surface area contributed by atoms with E-state index in [1.165, 1.54) is 0 Å². The Labute approximate surface area is 170 Å². The lowest BCUT2D eigenvalue weighted by Gasteiger charge is -2.23. The maximum Gasteiger partial charge on any atom is 0.326 e. The summed E-state index contributed by atoms with van der Waals surface area (Å²) in [5.74, 6) is -3.04. The molecular formula is C20H30N4O5. The van der Waals surface area contributed by atoms with Gasteiger partial charge >= 0.3 is 5.97 Å². The van der Waals surface area contributed by atoms with Gasteiger partial charge in [-0.3, -0.25) is 14.4 Å². The van der Waals surface area contributed by atoms with Crippen LogP contribution in [0.2, 0.25) is 0 Å². The zero-order valence-electron chi connectivity index (χ0n) is 16.8. The van der Waals surface area contributed by atoms with Crippen molar-refractivity contribution < 1.29 is 24.3 Å². The first-order valence-electron chi connectivity index (χ1n) is 9.51. The van der Waals surface area contributed by atoms with Crippen molar-refractivity contribution in [1.82, 2.24) is 10.6 Å². The molecule has 0 saturated heterocycles. The fourth-order valence-corrected chi connectivity index (χ4v) is 2.76. The topological polar surface area (TPSA) is 165 Å². The summed E-state index contributed by atoms with van der Waals surface area (Å²) >= 11 is 0. The lowest BCUT2D eigenvalue weighted by Crippen LogP contribution is -2.55. The van der Waals surface area contributed by atoms with Crippen LogP contribution in [-0.2, 0) is 25.6 Å². The van der Waals surface area contributed by atoms with Crippen LogP contribution < -0.4 is 22.1 Å². The Morgan fingerprint density at radius 3 is 2.10 bits per heavy atom. The van der Waals surface area contributed by atoms with Crippen molar-refractivity contribution in [2.45, 2.75) is 57.7 Å². The highest BCUT2D eigenvalue weighted by atomic mass is 16.4. The molecule has 3 amide bonds. The second-order valence-electron chi connectivity index (χ2n) is 7.39. The van der Waals surface area contributed by atoms with Crippen LogP contribution in [0.1, 0.15) is 38.7 Å². The highest BCUT2D eigenvalue weighted by molar-refractivity contribution is 5.92. The van der Waals surface area contributed by atoms with Gasteiger partial charge in [0.2, 0.25) is 17.7 Å². The number of carbonyl (C=O) groups is 4. The van der Waals surface area contributed by atoms with E-state index in [1.54, 1.807) is 0 Å². The van der Waals surface area contributed by atoms with E-state index in [0.717, 1.165) is 5.56 Å². The Morgan fingerprint density at radius 1 is 1.00 bits per heavy atom. The van der Waals surface area contributed by atoms with Gasteiger partial charge < -0.3 is 27.2 Å². The van der Waals surface area contributed by atoms with Crippen LogP contribution in [-0.4, -0.2) is 46.9 Å². The van der Waals surface area contributed by atoms with Gasteiger partial charge in [0.15, 0.2) is 0 Å². The Morgan fingerprint density at radius 2 is 1.59 bits per heavy atom. The van der Waals surface area contributed by atoms with E-state index in [1.807, 2.05) is 44.2 Å². The Hall–Kier alpha value is -2.94. The van der Waals surface area contributed by atoms with Crippen LogP contribution in [0.5, 0.6) is 0 Å². The van der Waals surface area contributed by atoms with Gasteiger partial charge in [0, 0.05) is 6.42 Å². The molecule has 0 saturated carbocycles. The number of aliphatic carboxylic acids is 1. The zero-order valence-corrected chi connectivity index (χ0v) is 16.8. The van der Waals surface area contributed by atoms with Gasteiger partial charge in [-0.25, -0.2) is 4.79 Å². The summed E-state index contributed by atoms with van der Waals surface area (Å²) in [7, 11) is 0. The first-order chi connectivity index (χ1) is 13.6. The Bertz CT molecular complexity index is 708. The molecule has 0 aliphatic rings. The Kier molecular flexibility index (Phi) is 9.81. The lowest BCUT2D eigenvalue weighted by atomic mass is 10.0. The van der Waals surface area contributed by atoms with Crippen molar-refractivity contribution in [2.75, 3.05) is 0 Å². The quantitative estimate of drug-likeness (QED) is 0.326. The van der Waals surface area contributed by atoms with Crippen molar-refractivity contribution >= 4 is 23.7 Å². The minimum atomic E-state index is -1.17. The molecule has 0 heterocycles. The van der Waals surface area contributed by atoms with Crippen LogP contribution in [0.3, 0.4) is 0 Å². The molecule has 9 heteroatoms. The van der Waals surface area contributed by atoms with E-state index in [-0.39, 0.29) is 31.6 Å². The van der Waals surface area contributed by atoms with Crippen molar-refractivity contribution in [1.29, 1.82) is 0 Å². The first-order valence-corrected chi connectivity index (χ1v) is 9.51. The van der Waals surface area contributed by atoms with E-state index in [4.69, 9.17) is 11.5 Å². The minimum Gasteiger partial charge on any atom is -0.480 e. The van der Waals surface area contributed by atoms with Crippen molar-refractivity contribution in [3.05, 3.63) is 35.9 Å². The summed E-state index contributed by atoms with van der Waals surface area (Å²) in [5.41, 5.74) is 11.9. The third-order valence-corrected chi connectivity index (χ3v) is 4.27. The van der Waals surface area contributed by atoms with Crippen molar-refractivity contribution in [2.24, 2.45) is 17.4 Å². The number of nitrogens with one attached hydrogen (secondary N) is 2. The van der Waals surface area contributed by atoms with Gasteiger partial charge in [0.05, 0.1) is 6.04 Å². The molecule has 0 aromatic heterocycles. The number of carbonyl (C=O) groups excluding carboxylic acids is 3. The molecule has 0 bridgehead atoms. The summed E-state index contributed by atoms with van der Waals surface area (Å²) < 4.78 is 0. The van der Waals surface area contributed by atoms with Crippen LogP contribution >= 0.6 is 0 Å². The molecule has 7 N–H and O–H groups in total. The summed E-state index contributed by atoms with van der Waals surface area (Å²) in [5, 5.41) is 14.2. The van der Waals surface area contributed by atoms with Crippen LogP contribution in [0.15, 0.2) is 30.3 Å². The molecule has 0 radical (unpaired) electrons. The monoisotopic (exact) mass is 406 g/mol. The average molecular weight is 406 g/mol. The van der Waals surface area contributed by atoms with Crippen LogP contribution in [0.25, 0.3) is 0 Å². The maximum absolute atomic E-state index is 12.6. The number of primary amides is 1. The maximum atomic E-state index is 12.6. The number of hydrogen-bond acceptors (Lipinski definition) is 5. The summed E-state index contributed by atoms with van der Waals surface area (Å²) in [6, 6.07) is 6.01. The van der Waals surface area contributed by atoms with Crippen LogP contribution in [0.4, 0.5) is 0 Å². The van der Waals surface area contributed by atoms with Gasteiger partial charge in [-0.15, -0.1) is 0 Å². The summed E-state index contributed by atoms with van der Waals surface area (Å²) in [6.45, 7) is 3.66. The molecule has 1 aromatic carbocycles. The smallest absolute Gasteiger partial charge is 0.326 e. The molecule has 0 fully saturated rings. The number of nitrogens with two attached hydrogens (primary N) is 2. The third kappa shape index (κ3) is 9.20. The fourth-order valence-electron chi connectivity index (χ4n) is 2.76. The molecule has 3 unspecified atom stereocenters. The molecule has 3 atom stereocenters. The fraction of sp³-hybridized carbons (Fsp3) is 0.500. The second kappa shape index (κ2) is 11.8. The highest BCUT2D eigenvalue weighted by Gasteiger charge is 2.28. The van der Waals surface area contributed by atoms with E-state index >= 15 is 0 Å². The number of amides is 3. The Balaban J connectivity index is 2.81. The molecule has 9 nitrogen and oxygen atoms in total. The molecule has 1 rings (SSSR count). The van der Waals surface area contributed by atoms with Crippen LogP contribution in [0, 0.1) is 5.92 Å². The van der Waals surface area contributed by atoms with E-state index in [2.05, 4.69) is 10.6 Å². The molecule has 160 valence electrons. The molecule has 1 aromatic rings. The number of benzene rings is 1. The standard InChI is InChI=1S/C20H30N4O5/c1-12(2)10-16(20(28)29)24-19(27)15(8-9-17(22)25)23-18(26)14(21)11-13-6-4-3-5-7-13/h3-7,12,14-16H,8-11,21H2,1-2H3,(H2,22,25)(H,23,26)(H,24,27)(H,28,29). The SMILES string of the molecule is CC(C)CC(NC(=O)C(CCC(N)=O)NC(=O)C(N)Cc1ccccc1)C(=O)O. The normalized spacial score (nSPS) is 13.9. The zero-order chi connectivity index (χ0) is 22.0. The highest BCUT2D eigenvalue weighted by Crippen LogP contribution is 2.07. The number of carboxylic acids is 1. The number of carboxylic acid groups (broad SMARTS) is 1. The van der Waals surface area contributed by atoms with Gasteiger partial charge in [-0.05, 0) is 30.7 Å². The first kappa shape index (κ1) is 24.1.